The van der Waals surface area contributed by atoms with Gasteiger partial charge in [0.25, 0.3) is 0 Å². The highest BCUT2D eigenvalue weighted by Crippen LogP contribution is 2.22. The third-order valence-electron chi connectivity index (χ3n) is 1.46. The van der Waals surface area contributed by atoms with E-state index in [1.807, 2.05) is 0 Å². The Bertz CT molecular complexity index is 354. The highest BCUT2D eigenvalue weighted by atomic mass is 79.9. The lowest BCUT2D eigenvalue weighted by Gasteiger charge is -2.09. The molecule has 0 aromatic heterocycles. The normalized spacial score (nSPS) is 11.6. The van der Waals surface area contributed by atoms with Gasteiger partial charge in [-0.25, -0.2) is 4.39 Å². The number of hydrogen-bond acceptors (Lipinski definition) is 2. The molecule has 7 heteroatoms. The molecule has 0 atom stereocenters. The van der Waals surface area contributed by atoms with Crippen molar-refractivity contribution in [2.75, 3.05) is 13.4 Å². The van der Waals surface area contributed by atoms with E-state index in [1.54, 1.807) is 0 Å². The van der Waals surface area contributed by atoms with Crippen molar-refractivity contribution in [1.29, 1.82) is 0 Å². The summed E-state index contributed by atoms with van der Waals surface area (Å²) < 4.78 is 57.4. The molecule has 0 heterocycles. The Kier molecular flexibility index (Phi) is 4.55. The molecule has 0 radical (unpaired) electrons. The Morgan fingerprint density at radius 1 is 1.25 bits per heavy atom. The van der Waals surface area contributed by atoms with Gasteiger partial charge in [-0.1, -0.05) is 15.9 Å². The average Bonchev–Trinajstić information content (AvgIpc) is 2.16. The monoisotopic (exact) mass is 302 g/mol. The van der Waals surface area contributed by atoms with E-state index in [0.717, 1.165) is 6.07 Å². The summed E-state index contributed by atoms with van der Waals surface area (Å²) in [5.74, 6) is -0.838. The molecule has 0 N–H and O–H groups in total. The third kappa shape index (κ3) is 4.80. The maximum absolute atomic E-state index is 13.0. The molecular weight excluding hydrogens is 296 g/mol. The molecule has 0 bridgehead atoms. The topological polar surface area (TPSA) is 18.5 Å². The van der Waals surface area contributed by atoms with Crippen LogP contribution in [0.1, 0.15) is 0 Å². The molecular formula is C9H7BrF4O2. The van der Waals surface area contributed by atoms with Gasteiger partial charge < -0.3 is 9.47 Å². The van der Waals surface area contributed by atoms with Crippen LogP contribution in [0.3, 0.4) is 0 Å². The fourth-order valence-electron chi connectivity index (χ4n) is 0.850. The first-order valence-electron chi connectivity index (χ1n) is 4.11. The predicted molar refractivity (Wildman–Crippen MR) is 51.6 cm³/mol. The molecule has 0 saturated heterocycles. The van der Waals surface area contributed by atoms with Crippen LogP contribution in [0, 0.1) is 5.82 Å². The number of benzene rings is 1. The molecule has 0 saturated carbocycles. The zero-order valence-corrected chi connectivity index (χ0v) is 9.44. The second-order valence-corrected chi connectivity index (χ2v) is 3.72. The van der Waals surface area contributed by atoms with Gasteiger partial charge in [0.1, 0.15) is 6.61 Å². The smallest absolute Gasteiger partial charge is 0.411 e. The van der Waals surface area contributed by atoms with Crippen LogP contribution in [0.5, 0.6) is 5.75 Å². The predicted octanol–water partition coefficient (Wildman–Crippen LogP) is 3.50. The van der Waals surface area contributed by atoms with Gasteiger partial charge in [-0.2, -0.15) is 13.2 Å². The van der Waals surface area contributed by atoms with E-state index in [2.05, 4.69) is 25.4 Å². The van der Waals surface area contributed by atoms with Crippen molar-refractivity contribution >= 4 is 15.9 Å². The Hall–Kier alpha value is -0.820. The molecule has 16 heavy (non-hydrogen) atoms. The van der Waals surface area contributed by atoms with Crippen molar-refractivity contribution in [3.63, 3.8) is 0 Å². The zero-order chi connectivity index (χ0) is 12.2. The first-order valence-corrected chi connectivity index (χ1v) is 4.90. The lowest BCUT2D eigenvalue weighted by Crippen LogP contribution is -2.19. The molecule has 0 fully saturated rings. The van der Waals surface area contributed by atoms with E-state index in [-0.39, 0.29) is 5.75 Å². The average molecular weight is 303 g/mol. The van der Waals surface area contributed by atoms with E-state index in [0.29, 0.717) is 4.47 Å². The van der Waals surface area contributed by atoms with E-state index in [4.69, 9.17) is 0 Å². The standard InChI is InChI=1S/C9H7BrF4O2/c10-6-1-2-7(11)8(3-6)16-5-15-4-9(12,13)14/h1-3H,4-5H2. The summed E-state index contributed by atoms with van der Waals surface area (Å²) in [5.41, 5.74) is 0. The van der Waals surface area contributed by atoms with Crippen LogP contribution in [0.25, 0.3) is 0 Å². The molecule has 2 nitrogen and oxygen atoms in total. The SMILES string of the molecule is Fc1ccc(Br)cc1OCOCC(F)(F)F. The molecule has 0 aliphatic heterocycles. The fourth-order valence-corrected chi connectivity index (χ4v) is 1.19. The molecule has 0 amide bonds. The molecule has 1 aromatic carbocycles. The summed E-state index contributed by atoms with van der Waals surface area (Å²) in [5, 5.41) is 0. The van der Waals surface area contributed by atoms with Crippen molar-refractivity contribution in [2.24, 2.45) is 0 Å². The zero-order valence-electron chi connectivity index (χ0n) is 7.85. The highest BCUT2D eigenvalue weighted by Gasteiger charge is 2.27. The molecule has 0 aliphatic rings. The first kappa shape index (κ1) is 13.2. The van der Waals surface area contributed by atoms with E-state index in [1.165, 1.54) is 12.1 Å². The number of rotatable bonds is 4. The molecule has 0 unspecified atom stereocenters. The van der Waals surface area contributed by atoms with Crippen LogP contribution in [0.2, 0.25) is 0 Å². The summed E-state index contributed by atoms with van der Waals surface area (Å²) in [6, 6.07) is 3.87. The minimum absolute atomic E-state index is 0.170. The third-order valence-corrected chi connectivity index (χ3v) is 1.95. The van der Waals surface area contributed by atoms with E-state index < -0.39 is 25.4 Å². The van der Waals surface area contributed by atoms with Crippen LogP contribution in [0.15, 0.2) is 22.7 Å². The van der Waals surface area contributed by atoms with Crippen LogP contribution in [0.4, 0.5) is 17.6 Å². The molecule has 90 valence electrons. The summed E-state index contributed by atoms with van der Waals surface area (Å²) in [6.45, 7) is -2.09. The van der Waals surface area contributed by atoms with Crippen LogP contribution in [-0.2, 0) is 4.74 Å². The Labute approximate surface area is 97.3 Å². The van der Waals surface area contributed by atoms with Crippen molar-refractivity contribution in [3.8, 4) is 5.75 Å². The van der Waals surface area contributed by atoms with Gasteiger partial charge in [0.05, 0.1) is 0 Å². The summed E-state index contributed by atoms with van der Waals surface area (Å²) in [4.78, 5) is 0. The molecule has 0 aliphatic carbocycles. The van der Waals surface area contributed by atoms with Gasteiger partial charge in [0.15, 0.2) is 18.4 Å². The van der Waals surface area contributed by atoms with E-state index >= 15 is 0 Å². The van der Waals surface area contributed by atoms with Gasteiger partial charge in [-0.05, 0) is 18.2 Å². The van der Waals surface area contributed by atoms with Crippen LogP contribution < -0.4 is 4.74 Å². The molecule has 1 aromatic rings. The maximum atomic E-state index is 13.0. The number of alkyl halides is 3. The summed E-state index contributed by atoms with van der Waals surface area (Å²) >= 11 is 3.07. The fraction of sp³-hybridized carbons (Fsp3) is 0.333. The van der Waals surface area contributed by atoms with Crippen molar-refractivity contribution in [2.45, 2.75) is 6.18 Å². The summed E-state index contributed by atoms with van der Waals surface area (Å²) in [7, 11) is 0. The van der Waals surface area contributed by atoms with Crippen molar-refractivity contribution < 1.29 is 27.0 Å². The van der Waals surface area contributed by atoms with Crippen molar-refractivity contribution in [1.82, 2.24) is 0 Å². The second-order valence-electron chi connectivity index (χ2n) is 2.80. The highest BCUT2D eigenvalue weighted by molar-refractivity contribution is 9.10. The number of halogens is 5. The van der Waals surface area contributed by atoms with Crippen LogP contribution in [-0.4, -0.2) is 19.6 Å². The Morgan fingerprint density at radius 3 is 2.56 bits per heavy atom. The maximum Gasteiger partial charge on any atom is 0.411 e. The van der Waals surface area contributed by atoms with E-state index in [9.17, 15) is 17.6 Å². The van der Waals surface area contributed by atoms with Gasteiger partial charge in [-0.15, -0.1) is 0 Å². The number of ether oxygens (including phenoxy) is 2. The largest absolute Gasteiger partial charge is 0.464 e. The summed E-state index contributed by atoms with van der Waals surface area (Å²) in [6.07, 6.45) is -4.42. The van der Waals surface area contributed by atoms with Gasteiger partial charge in [0, 0.05) is 4.47 Å². The Morgan fingerprint density at radius 2 is 1.94 bits per heavy atom. The Balaban J connectivity index is 2.40. The molecule has 1 rings (SSSR count). The lowest BCUT2D eigenvalue weighted by atomic mass is 10.3. The first-order chi connectivity index (χ1) is 7.38. The minimum atomic E-state index is -4.42. The quantitative estimate of drug-likeness (QED) is 0.481. The lowest BCUT2D eigenvalue weighted by molar-refractivity contribution is -0.187. The van der Waals surface area contributed by atoms with Gasteiger partial charge >= 0.3 is 6.18 Å². The van der Waals surface area contributed by atoms with Crippen LogP contribution >= 0.6 is 15.9 Å². The van der Waals surface area contributed by atoms with Crippen molar-refractivity contribution in [3.05, 3.63) is 28.5 Å². The van der Waals surface area contributed by atoms with Gasteiger partial charge in [-0.3, -0.25) is 0 Å². The number of hydrogen-bond donors (Lipinski definition) is 0. The second kappa shape index (κ2) is 5.49. The minimum Gasteiger partial charge on any atom is -0.464 e. The van der Waals surface area contributed by atoms with Gasteiger partial charge in [0.2, 0.25) is 0 Å². The molecule has 0 spiro atoms.